The van der Waals surface area contributed by atoms with E-state index in [2.05, 4.69) is 4.74 Å². The monoisotopic (exact) mass is 255 g/mol. The van der Waals surface area contributed by atoms with Crippen LogP contribution in [-0.2, 0) is 14.3 Å². The molecule has 4 nitrogen and oxygen atoms in total. The summed E-state index contributed by atoms with van der Waals surface area (Å²) in [5.74, 6) is -3.42. The third-order valence-electron chi connectivity index (χ3n) is 2.31. The van der Waals surface area contributed by atoms with E-state index < -0.39 is 30.0 Å². The first-order chi connectivity index (χ1) is 7.73. The highest BCUT2D eigenvalue weighted by Crippen LogP contribution is 2.17. The maximum Gasteiger partial charge on any atom is 0.471 e. The van der Waals surface area contributed by atoms with Crippen LogP contribution in [0.3, 0.4) is 0 Å². The molecule has 0 heterocycles. The van der Waals surface area contributed by atoms with E-state index in [1.165, 1.54) is 0 Å². The standard InChI is InChI=1S/C10H16F3NO3/c1-4-5-6(2)7(8(15)17-3)14-9(16)10(11,12)13/h6-7H,4-5H2,1-3H3,(H,14,16)/t6-,7-/m0/s1. The van der Waals surface area contributed by atoms with Crippen molar-refractivity contribution in [1.82, 2.24) is 5.32 Å². The van der Waals surface area contributed by atoms with Crippen molar-refractivity contribution in [2.45, 2.75) is 38.9 Å². The molecule has 0 aliphatic carbocycles. The van der Waals surface area contributed by atoms with Crippen LogP contribution in [-0.4, -0.2) is 31.2 Å². The summed E-state index contributed by atoms with van der Waals surface area (Å²) >= 11 is 0. The van der Waals surface area contributed by atoms with Crippen molar-refractivity contribution in [3.63, 3.8) is 0 Å². The highest BCUT2D eigenvalue weighted by Gasteiger charge is 2.42. The second-order valence-corrected chi connectivity index (χ2v) is 3.74. The van der Waals surface area contributed by atoms with Gasteiger partial charge in [-0.2, -0.15) is 13.2 Å². The average molecular weight is 255 g/mol. The first kappa shape index (κ1) is 15.7. The summed E-state index contributed by atoms with van der Waals surface area (Å²) in [5, 5.41) is 1.65. The van der Waals surface area contributed by atoms with Gasteiger partial charge < -0.3 is 10.1 Å². The zero-order valence-corrected chi connectivity index (χ0v) is 9.93. The third kappa shape index (κ3) is 5.06. The number of carbonyl (C=O) groups excluding carboxylic acids is 2. The van der Waals surface area contributed by atoms with Gasteiger partial charge in [-0.3, -0.25) is 4.79 Å². The van der Waals surface area contributed by atoms with Crippen LogP contribution < -0.4 is 5.32 Å². The molecule has 0 rings (SSSR count). The molecule has 0 spiro atoms. The predicted molar refractivity (Wildman–Crippen MR) is 54.1 cm³/mol. The number of nitrogens with one attached hydrogen (secondary N) is 1. The number of ether oxygens (including phenoxy) is 1. The van der Waals surface area contributed by atoms with Crippen LogP contribution in [0.4, 0.5) is 13.2 Å². The van der Waals surface area contributed by atoms with Gasteiger partial charge in [0.1, 0.15) is 6.04 Å². The molecule has 0 fully saturated rings. The summed E-state index contributed by atoms with van der Waals surface area (Å²) in [4.78, 5) is 22.0. The lowest BCUT2D eigenvalue weighted by Crippen LogP contribution is -2.50. The van der Waals surface area contributed by atoms with Crippen molar-refractivity contribution >= 4 is 11.9 Å². The lowest BCUT2D eigenvalue weighted by atomic mass is 9.97. The smallest absolute Gasteiger partial charge is 0.467 e. The largest absolute Gasteiger partial charge is 0.471 e. The molecule has 0 aliphatic rings. The molecular formula is C10H16F3NO3. The minimum Gasteiger partial charge on any atom is -0.467 e. The van der Waals surface area contributed by atoms with Crippen molar-refractivity contribution in [2.24, 2.45) is 5.92 Å². The van der Waals surface area contributed by atoms with Gasteiger partial charge >= 0.3 is 18.1 Å². The quantitative estimate of drug-likeness (QED) is 0.760. The third-order valence-corrected chi connectivity index (χ3v) is 2.31. The summed E-state index contributed by atoms with van der Waals surface area (Å²) in [7, 11) is 1.06. The Morgan fingerprint density at radius 3 is 2.24 bits per heavy atom. The summed E-state index contributed by atoms with van der Waals surface area (Å²) in [6, 6.07) is -1.27. The van der Waals surface area contributed by atoms with E-state index in [0.29, 0.717) is 12.8 Å². The maximum atomic E-state index is 12.1. The molecule has 0 saturated heterocycles. The van der Waals surface area contributed by atoms with Crippen LogP contribution in [0.2, 0.25) is 0 Å². The molecule has 17 heavy (non-hydrogen) atoms. The second-order valence-electron chi connectivity index (χ2n) is 3.74. The Bertz CT molecular complexity index is 278. The van der Waals surface area contributed by atoms with Crippen LogP contribution in [0, 0.1) is 5.92 Å². The fourth-order valence-corrected chi connectivity index (χ4v) is 1.41. The normalized spacial score (nSPS) is 14.9. The van der Waals surface area contributed by atoms with Gasteiger partial charge in [0.25, 0.3) is 0 Å². The van der Waals surface area contributed by atoms with Crippen molar-refractivity contribution < 1.29 is 27.5 Å². The number of carbonyl (C=O) groups is 2. The molecule has 0 aromatic heterocycles. The lowest BCUT2D eigenvalue weighted by molar-refractivity contribution is -0.176. The van der Waals surface area contributed by atoms with Crippen LogP contribution in [0.5, 0.6) is 0 Å². The minimum atomic E-state index is -5.00. The number of rotatable bonds is 5. The van der Waals surface area contributed by atoms with Crippen molar-refractivity contribution in [3.05, 3.63) is 0 Å². The fraction of sp³-hybridized carbons (Fsp3) is 0.800. The number of amides is 1. The number of alkyl halides is 3. The topological polar surface area (TPSA) is 55.4 Å². The molecule has 0 unspecified atom stereocenters. The van der Waals surface area contributed by atoms with Crippen molar-refractivity contribution in [2.75, 3.05) is 7.11 Å². The van der Waals surface area contributed by atoms with Crippen molar-refractivity contribution in [1.29, 1.82) is 0 Å². The van der Waals surface area contributed by atoms with Crippen molar-refractivity contribution in [3.8, 4) is 0 Å². The number of hydrogen-bond acceptors (Lipinski definition) is 3. The Morgan fingerprint density at radius 1 is 1.35 bits per heavy atom. The van der Waals surface area contributed by atoms with E-state index in [-0.39, 0.29) is 0 Å². The van der Waals surface area contributed by atoms with Gasteiger partial charge in [0.05, 0.1) is 7.11 Å². The van der Waals surface area contributed by atoms with E-state index in [1.807, 2.05) is 6.92 Å². The molecule has 0 saturated carbocycles. The fourth-order valence-electron chi connectivity index (χ4n) is 1.41. The molecule has 0 aromatic carbocycles. The molecule has 1 amide bonds. The summed E-state index contributed by atoms with van der Waals surface area (Å²) < 4.78 is 40.6. The van der Waals surface area contributed by atoms with E-state index in [1.54, 1.807) is 12.2 Å². The molecule has 0 aliphatic heterocycles. The van der Waals surface area contributed by atoms with Gasteiger partial charge in [-0.05, 0) is 12.3 Å². The van der Waals surface area contributed by atoms with Gasteiger partial charge in [-0.15, -0.1) is 0 Å². The van der Waals surface area contributed by atoms with Crippen LogP contribution in [0.15, 0.2) is 0 Å². The first-order valence-corrected chi connectivity index (χ1v) is 5.19. The van der Waals surface area contributed by atoms with E-state index >= 15 is 0 Å². The van der Waals surface area contributed by atoms with Gasteiger partial charge in [-0.1, -0.05) is 20.3 Å². The van der Waals surface area contributed by atoms with Gasteiger partial charge in [0.2, 0.25) is 0 Å². The Kier molecular flexibility index (Phi) is 5.98. The van der Waals surface area contributed by atoms with E-state index in [0.717, 1.165) is 7.11 Å². The molecule has 2 atom stereocenters. The predicted octanol–water partition coefficient (Wildman–Crippen LogP) is 1.64. The average Bonchev–Trinajstić information content (AvgIpc) is 2.23. The number of esters is 1. The molecule has 0 bridgehead atoms. The Labute approximate surface area is 97.5 Å². The zero-order chi connectivity index (χ0) is 13.6. The van der Waals surface area contributed by atoms with Crippen LogP contribution in [0.1, 0.15) is 26.7 Å². The molecule has 1 N–H and O–H groups in total. The van der Waals surface area contributed by atoms with Crippen LogP contribution >= 0.6 is 0 Å². The molecular weight excluding hydrogens is 239 g/mol. The molecule has 0 aromatic rings. The van der Waals surface area contributed by atoms with Gasteiger partial charge in [0.15, 0.2) is 0 Å². The Hall–Kier alpha value is -1.27. The second kappa shape index (κ2) is 6.46. The molecule has 0 radical (unpaired) electrons. The summed E-state index contributed by atoms with van der Waals surface area (Å²) in [6.07, 6.45) is -3.80. The summed E-state index contributed by atoms with van der Waals surface area (Å²) in [5.41, 5.74) is 0. The Balaban J connectivity index is 4.72. The SMILES string of the molecule is CCC[C@H](C)[C@H](NC(=O)C(F)(F)F)C(=O)OC. The van der Waals surface area contributed by atoms with Gasteiger partial charge in [-0.25, -0.2) is 4.79 Å². The first-order valence-electron chi connectivity index (χ1n) is 5.19. The highest BCUT2D eigenvalue weighted by atomic mass is 19.4. The van der Waals surface area contributed by atoms with Crippen LogP contribution in [0.25, 0.3) is 0 Å². The molecule has 100 valence electrons. The number of halogens is 3. The number of hydrogen-bond donors (Lipinski definition) is 1. The number of methoxy groups -OCH3 is 1. The van der Waals surface area contributed by atoms with E-state index in [4.69, 9.17) is 0 Å². The van der Waals surface area contributed by atoms with E-state index in [9.17, 15) is 22.8 Å². The molecule has 7 heteroatoms. The minimum absolute atomic E-state index is 0.418. The Morgan fingerprint density at radius 2 is 1.88 bits per heavy atom. The zero-order valence-electron chi connectivity index (χ0n) is 9.93. The van der Waals surface area contributed by atoms with Gasteiger partial charge in [0, 0.05) is 0 Å². The lowest BCUT2D eigenvalue weighted by Gasteiger charge is -2.22. The summed E-state index contributed by atoms with van der Waals surface area (Å²) in [6.45, 7) is 3.41. The highest BCUT2D eigenvalue weighted by molar-refractivity contribution is 5.87. The maximum absolute atomic E-state index is 12.1.